The molecule has 1 aliphatic heterocycles. The van der Waals surface area contributed by atoms with E-state index in [1.54, 1.807) is 13.2 Å². The van der Waals surface area contributed by atoms with Crippen molar-refractivity contribution in [3.8, 4) is 5.75 Å². The van der Waals surface area contributed by atoms with Crippen molar-refractivity contribution in [1.29, 1.82) is 0 Å². The van der Waals surface area contributed by atoms with E-state index < -0.39 is 6.29 Å². The normalized spacial score (nSPS) is 24.7. The van der Waals surface area contributed by atoms with Crippen molar-refractivity contribution in [2.24, 2.45) is 5.73 Å². The highest BCUT2D eigenvalue weighted by atomic mass is 35.5. The summed E-state index contributed by atoms with van der Waals surface area (Å²) in [6, 6.07) is 5.42. The summed E-state index contributed by atoms with van der Waals surface area (Å²) in [7, 11) is 1.59. The van der Waals surface area contributed by atoms with Crippen molar-refractivity contribution >= 4 is 11.6 Å². The topological polar surface area (TPSA) is 53.7 Å². The number of rotatable bonds is 3. The molecule has 1 aromatic rings. The van der Waals surface area contributed by atoms with Gasteiger partial charge in [0.05, 0.1) is 30.4 Å². The summed E-state index contributed by atoms with van der Waals surface area (Å²) >= 11 is 6.11. The summed E-state index contributed by atoms with van der Waals surface area (Å²) in [5.41, 5.74) is 6.24. The molecule has 0 amide bonds. The fourth-order valence-corrected chi connectivity index (χ4v) is 1.90. The van der Waals surface area contributed by atoms with Gasteiger partial charge in [0.2, 0.25) is 0 Å². The van der Waals surface area contributed by atoms with Crippen molar-refractivity contribution in [2.75, 3.05) is 20.3 Å². The highest BCUT2D eigenvalue weighted by molar-refractivity contribution is 6.31. The molecule has 1 heterocycles. The van der Waals surface area contributed by atoms with Crippen LogP contribution in [-0.4, -0.2) is 26.4 Å². The largest absolute Gasteiger partial charge is 0.496 e. The zero-order chi connectivity index (χ0) is 11.5. The maximum Gasteiger partial charge on any atom is 0.189 e. The maximum absolute atomic E-state index is 6.11. The molecule has 5 heteroatoms. The third kappa shape index (κ3) is 2.15. The lowest BCUT2D eigenvalue weighted by Gasteiger charge is -2.15. The van der Waals surface area contributed by atoms with E-state index in [4.69, 9.17) is 31.5 Å². The second-order valence-corrected chi connectivity index (χ2v) is 3.92. The quantitative estimate of drug-likeness (QED) is 0.878. The zero-order valence-electron chi connectivity index (χ0n) is 8.98. The van der Waals surface area contributed by atoms with Gasteiger partial charge in [-0.2, -0.15) is 0 Å². The zero-order valence-corrected chi connectivity index (χ0v) is 9.74. The summed E-state index contributed by atoms with van der Waals surface area (Å²) in [5, 5.41) is 0.571. The summed E-state index contributed by atoms with van der Waals surface area (Å²) < 4.78 is 16.3. The van der Waals surface area contributed by atoms with Crippen LogP contribution in [0.4, 0.5) is 0 Å². The average Bonchev–Trinajstić information content (AvgIpc) is 2.76. The number of benzene rings is 1. The first-order valence-electron chi connectivity index (χ1n) is 5.05. The Morgan fingerprint density at radius 2 is 2.38 bits per heavy atom. The fourth-order valence-electron chi connectivity index (χ4n) is 1.65. The number of nitrogens with two attached hydrogens (primary N) is 1. The van der Waals surface area contributed by atoms with Crippen LogP contribution in [0.25, 0.3) is 0 Å². The predicted octanol–water partition coefficient (Wildman–Crippen LogP) is 1.72. The van der Waals surface area contributed by atoms with Crippen molar-refractivity contribution in [2.45, 2.75) is 12.4 Å². The highest BCUT2D eigenvalue weighted by Gasteiger charge is 2.30. The van der Waals surface area contributed by atoms with Crippen molar-refractivity contribution in [1.82, 2.24) is 0 Å². The monoisotopic (exact) mass is 243 g/mol. The molecule has 4 nitrogen and oxygen atoms in total. The lowest BCUT2D eigenvalue weighted by atomic mass is 10.2. The highest BCUT2D eigenvalue weighted by Crippen LogP contribution is 2.37. The molecular weight excluding hydrogens is 230 g/mol. The van der Waals surface area contributed by atoms with Crippen LogP contribution in [0.2, 0.25) is 5.02 Å². The third-order valence-corrected chi connectivity index (χ3v) is 2.81. The van der Waals surface area contributed by atoms with Crippen molar-refractivity contribution in [3.63, 3.8) is 0 Å². The summed E-state index contributed by atoms with van der Waals surface area (Å²) in [6.45, 7) is 0.915. The number of halogens is 1. The van der Waals surface area contributed by atoms with Gasteiger partial charge >= 0.3 is 0 Å². The molecule has 0 radical (unpaired) electrons. The molecule has 0 spiro atoms. The first-order chi connectivity index (χ1) is 7.76. The minimum atomic E-state index is -0.489. The first-order valence-corrected chi connectivity index (χ1v) is 5.43. The van der Waals surface area contributed by atoms with Crippen LogP contribution in [0.15, 0.2) is 18.2 Å². The Labute approximate surface area is 99.2 Å². The summed E-state index contributed by atoms with van der Waals surface area (Å²) in [6.07, 6.45) is -0.567. The standard InChI is InChI=1S/C11H14ClNO3/c1-14-9-4-2-3-8(12)10(9)11-15-6-7(5-13)16-11/h2-4,7,11H,5-6,13H2,1H3. The molecule has 88 valence electrons. The fraction of sp³-hybridized carbons (Fsp3) is 0.455. The van der Waals surface area contributed by atoms with Crippen LogP contribution >= 0.6 is 11.6 Å². The van der Waals surface area contributed by atoms with Gasteiger partial charge in [-0.3, -0.25) is 0 Å². The van der Waals surface area contributed by atoms with Crippen molar-refractivity contribution < 1.29 is 14.2 Å². The van der Waals surface area contributed by atoms with E-state index in [0.717, 1.165) is 5.56 Å². The molecule has 2 rings (SSSR count). The second-order valence-electron chi connectivity index (χ2n) is 3.51. The minimum absolute atomic E-state index is 0.0778. The van der Waals surface area contributed by atoms with E-state index in [-0.39, 0.29) is 6.10 Å². The Morgan fingerprint density at radius 1 is 1.56 bits per heavy atom. The number of methoxy groups -OCH3 is 1. The van der Waals surface area contributed by atoms with E-state index >= 15 is 0 Å². The SMILES string of the molecule is COc1cccc(Cl)c1C1OCC(CN)O1. The number of ether oxygens (including phenoxy) is 3. The van der Waals surface area contributed by atoms with E-state index in [9.17, 15) is 0 Å². The molecule has 0 aliphatic carbocycles. The van der Waals surface area contributed by atoms with Crippen LogP contribution in [-0.2, 0) is 9.47 Å². The van der Waals surface area contributed by atoms with Gasteiger partial charge in [0.25, 0.3) is 0 Å². The number of hydrogen-bond acceptors (Lipinski definition) is 4. The van der Waals surface area contributed by atoms with Gasteiger partial charge in [-0.1, -0.05) is 17.7 Å². The number of hydrogen-bond donors (Lipinski definition) is 1. The van der Waals surface area contributed by atoms with Gasteiger partial charge in [0.1, 0.15) is 5.75 Å². The van der Waals surface area contributed by atoms with Gasteiger partial charge in [0, 0.05) is 6.54 Å². The molecule has 1 saturated heterocycles. The lowest BCUT2D eigenvalue weighted by molar-refractivity contribution is -0.0596. The predicted molar refractivity (Wildman–Crippen MR) is 60.6 cm³/mol. The van der Waals surface area contributed by atoms with E-state index in [1.807, 2.05) is 12.1 Å². The Kier molecular flexibility index (Phi) is 3.66. The van der Waals surface area contributed by atoms with Gasteiger partial charge < -0.3 is 19.9 Å². The van der Waals surface area contributed by atoms with Crippen LogP contribution in [0, 0.1) is 0 Å². The van der Waals surface area contributed by atoms with E-state index in [0.29, 0.717) is 23.9 Å². The van der Waals surface area contributed by atoms with Gasteiger partial charge in [-0.05, 0) is 12.1 Å². The molecule has 16 heavy (non-hydrogen) atoms. The van der Waals surface area contributed by atoms with E-state index in [2.05, 4.69) is 0 Å². The summed E-state index contributed by atoms with van der Waals surface area (Å²) in [5.74, 6) is 0.662. The Morgan fingerprint density at radius 3 is 3.00 bits per heavy atom. The second kappa shape index (κ2) is 5.01. The first kappa shape index (κ1) is 11.7. The molecule has 1 aliphatic rings. The van der Waals surface area contributed by atoms with Crippen LogP contribution in [0.5, 0.6) is 5.75 Å². The van der Waals surface area contributed by atoms with Gasteiger partial charge in [0.15, 0.2) is 6.29 Å². The molecule has 1 fully saturated rings. The Hall–Kier alpha value is -0.810. The smallest absolute Gasteiger partial charge is 0.189 e. The molecule has 0 aromatic heterocycles. The molecular formula is C11H14ClNO3. The molecule has 2 N–H and O–H groups in total. The van der Waals surface area contributed by atoms with Crippen LogP contribution in [0.3, 0.4) is 0 Å². The minimum Gasteiger partial charge on any atom is -0.496 e. The lowest BCUT2D eigenvalue weighted by Crippen LogP contribution is -2.21. The molecule has 2 unspecified atom stereocenters. The van der Waals surface area contributed by atoms with Gasteiger partial charge in [-0.15, -0.1) is 0 Å². The molecule has 0 saturated carbocycles. The van der Waals surface area contributed by atoms with Gasteiger partial charge in [-0.25, -0.2) is 0 Å². The molecule has 1 aromatic carbocycles. The van der Waals surface area contributed by atoms with E-state index in [1.165, 1.54) is 0 Å². The molecule has 2 atom stereocenters. The van der Waals surface area contributed by atoms with Crippen molar-refractivity contribution in [3.05, 3.63) is 28.8 Å². The average molecular weight is 244 g/mol. The van der Waals surface area contributed by atoms with Crippen LogP contribution in [0.1, 0.15) is 11.9 Å². The Balaban J connectivity index is 2.26. The maximum atomic E-state index is 6.11. The third-order valence-electron chi connectivity index (χ3n) is 2.48. The molecule has 0 bridgehead atoms. The van der Waals surface area contributed by atoms with Crippen LogP contribution < -0.4 is 10.5 Å². The summed E-state index contributed by atoms with van der Waals surface area (Å²) in [4.78, 5) is 0. The Bertz CT molecular complexity index is 372.